The smallest absolute Gasteiger partial charge is 0.223 e. The van der Waals surface area contributed by atoms with Gasteiger partial charge < -0.3 is 14.5 Å². The summed E-state index contributed by atoms with van der Waals surface area (Å²) in [7, 11) is 0. The molecule has 4 heteroatoms. The fourth-order valence-corrected chi connectivity index (χ4v) is 3.52. The van der Waals surface area contributed by atoms with Crippen molar-refractivity contribution >= 4 is 5.91 Å². The van der Waals surface area contributed by atoms with Crippen LogP contribution in [0.1, 0.15) is 36.2 Å². The summed E-state index contributed by atoms with van der Waals surface area (Å²) in [6.45, 7) is 1.44. The molecule has 0 bridgehead atoms. The normalized spacial score (nSPS) is 29.4. The Hall–Kier alpha value is -2.07. The van der Waals surface area contributed by atoms with Crippen molar-refractivity contribution in [3.05, 3.63) is 60.1 Å². The van der Waals surface area contributed by atoms with Gasteiger partial charge in [-0.05, 0) is 30.5 Å². The van der Waals surface area contributed by atoms with Crippen LogP contribution in [0.4, 0.5) is 0 Å². The van der Waals surface area contributed by atoms with Crippen molar-refractivity contribution in [3.8, 4) is 0 Å². The molecule has 1 saturated heterocycles. The molecule has 2 aliphatic rings. The number of hydrogen-bond donors (Lipinski definition) is 1. The third kappa shape index (κ3) is 3.04. The number of furan rings is 1. The summed E-state index contributed by atoms with van der Waals surface area (Å²) in [6, 6.07) is 14.1. The largest absolute Gasteiger partial charge is 0.469 e. The Labute approximate surface area is 135 Å². The van der Waals surface area contributed by atoms with E-state index >= 15 is 0 Å². The summed E-state index contributed by atoms with van der Waals surface area (Å²) in [5, 5.41) is 3.12. The van der Waals surface area contributed by atoms with Crippen LogP contribution in [0, 0.1) is 11.8 Å². The first-order valence-corrected chi connectivity index (χ1v) is 8.30. The standard InChI is InChI=1S/C19H21NO3/c21-19(16-11-15(16)17-7-4-9-22-17)20-12-14-8-10-23-18(14)13-5-2-1-3-6-13/h1-7,9,14-16,18H,8,10-12H2,(H,20,21)/t14-,15+,16+,18-/m1/s1. The fourth-order valence-electron chi connectivity index (χ4n) is 3.52. The number of amides is 1. The second-order valence-corrected chi connectivity index (χ2v) is 6.46. The van der Waals surface area contributed by atoms with Crippen molar-refractivity contribution in [2.24, 2.45) is 11.8 Å². The number of ether oxygens (including phenoxy) is 1. The number of nitrogens with one attached hydrogen (secondary N) is 1. The van der Waals surface area contributed by atoms with Crippen LogP contribution >= 0.6 is 0 Å². The van der Waals surface area contributed by atoms with E-state index in [1.54, 1.807) is 6.26 Å². The minimum atomic E-state index is 0.0682. The van der Waals surface area contributed by atoms with E-state index in [1.807, 2.05) is 30.3 Å². The molecule has 2 fully saturated rings. The van der Waals surface area contributed by atoms with Crippen LogP contribution in [-0.2, 0) is 9.53 Å². The predicted octanol–water partition coefficient (Wildman–Crippen LogP) is 3.28. The molecule has 4 atom stereocenters. The van der Waals surface area contributed by atoms with Gasteiger partial charge in [-0.2, -0.15) is 0 Å². The molecule has 2 heterocycles. The summed E-state index contributed by atoms with van der Waals surface area (Å²) in [5.41, 5.74) is 1.20. The minimum Gasteiger partial charge on any atom is -0.469 e. The van der Waals surface area contributed by atoms with Crippen LogP contribution in [0.15, 0.2) is 53.1 Å². The molecule has 23 heavy (non-hydrogen) atoms. The zero-order valence-corrected chi connectivity index (χ0v) is 13.0. The maximum absolute atomic E-state index is 12.3. The zero-order chi connectivity index (χ0) is 15.6. The molecule has 1 saturated carbocycles. The van der Waals surface area contributed by atoms with Gasteiger partial charge in [0.2, 0.25) is 5.91 Å². The monoisotopic (exact) mass is 311 g/mol. The Morgan fingerprint density at radius 3 is 2.83 bits per heavy atom. The van der Waals surface area contributed by atoms with Gasteiger partial charge in [0.05, 0.1) is 12.4 Å². The van der Waals surface area contributed by atoms with Gasteiger partial charge in [-0.1, -0.05) is 30.3 Å². The van der Waals surface area contributed by atoms with Crippen LogP contribution in [0.3, 0.4) is 0 Å². The fraction of sp³-hybridized carbons (Fsp3) is 0.421. The summed E-state index contributed by atoms with van der Waals surface area (Å²) < 4.78 is 11.3. The van der Waals surface area contributed by atoms with Gasteiger partial charge in [-0.25, -0.2) is 0 Å². The van der Waals surface area contributed by atoms with Gasteiger partial charge in [-0.3, -0.25) is 4.79 Å². The molecule has 120 valence electrons. The summed E-state index contributed by atoms with van der Waals surface area (Å²) in [6.07, 6.45) is 3.65. The number of benzene rings is 1. The van der Waals surface area contributed by atoms with Crippen LogP contribution in [-0.4, -0.2) is 19.1 Å². The van der Waals surface area contributed by atoms with E-state index < -0.39 is 0 Å². The van der Waals surface area contributed by atoms with E-state index in [0.29, 0.717) is 12.5 Å². The first-order valence-electron chi connectivity index (χ1n) is 8.30. The molecule has 1 aliphatic heterocycles. The molecule has 1 amide bonds. The topological polar surface area (TPSA) is 51.5 Å². The SMILES string of the molecule is O=C(NC[C@H]1CCO[C@@H]1c1ccccc1)[C@H]1C[C@@H]1c1ccco1. The summed E-state index contributed by atoms with van der Waals surface area (Å²) in [5.74, 6) is 1.75. The van der Waals surface area contributed by atoms with Crippen molar-refractivity contribution in [2.45, 2.75) is 24.9 Å². The van der Waals surface area contributed by atoms with Gasteiger partial charge in [0.1, 0.15) is 5.76 Å². The highest BCUT2D eigenvalue weighted by Crippen LogP contribution is 2.47. The van der Waals surface area contributed by atoms with E-state index in [9.17, 15) is 4.79 Å². The van der Waals surface area contributed by atoms with E-state index in [1.165, 1.54) is 5.56 Å². The van der Waals surface area contributed by atoms with Crippen LogP contribution in [0.2, 0.25) is 0 Å². The molecule has 2 aromatic rings. The Morgan fingerprint density at radius 2 is 2.04 bits per heavy atom. The average molecular weight is 311 g/mol. The maximum atomic E-state index is 12.3. The van der Waals surface area contributed by atoms with Crippen molar-refractivity contribution in [1.82, 2.24) is 5.32 Å². The molecular weight excluding hydrogens is 290 g/mol. The van der Waals surface area contributed by atoms with Gasteiger partial charge in [0.25, 0.3) is 0 Å². The Morgan fingerprint density at radius 1 is 1.17 bits per heavy atom. The molecule has 1 N–H and O–H groups in total. The lowest BCUT2D eigenvalue weighted by Crippen LogP contribution is -2.31. The molecule has 0 radical (unpaired) electrons. The zero-order valence-electron chi connectivity index (χ0n) is 13.0. The van der Waals surface area contributed by atoms with Crippen LogP contribution in [0.25, 0.3) is 0 Å². The van der Waals surface area contributed by atoms with Gasteiger partial charge in [0.15, 0.2) is 0 Å². The van der Waals surface area contributed by atoms with Crippen molar-refractivity contribution < 1.29 is 13.9 Å². The number of carbonyl (C=O) groups is 1. The molecule has 1 aromatic heterocycles. The number of rotatable bonds is 5. The van der Waals surface area contributed by atoms with Gasteiger partial charge >= 0.3 is 0 Å². The Bertz CT molecular complexity index is 653. The summed E-state index contributed by atoms with van der Waals surface area (Å²) >= 11 is 0. The second kappa shape index (κ2) is 6.20. The lowest BCUT2D eigenvalue weighted by molar-refractivity contribution is -0.122. The average Bonchev–Trinajstić information content (AvgIpc) is 3.01. The highest BCUT2D eigenvalue weighted by molar-refractivity contribution is 5.82. The third-order valence-corrected chi connectivity index (χ3v) is 4.92. The first kappa shape index (κ1) is 14.5. The molecule has 0 unspecified atom stereocenters. The van der Waals surface area contributed by atoms with E-state index in [0.717, 1.165) is 25.2 Å². The number of hydrogen-bond acceptors (Lipinski definition) is 3. The van der Waals surface area contributed by atoms with E-state index in [2.05, 4.69) is 17.4 Å². The van der Waals surface area contributed by atoms with E-state index in [-0.39, 0.29) is 23.8 Å². The summed E-state index contributed by atoms with van der Waals surface area (Å²) in [4.78, 5) is 12.3. The molecule has 0 spiro atoms. The molecule has 4 nitrogen and oxygen atoms in total. The molecule has 1 aliphatic carbocycles. The second-order valence-electron chi connectivity index (χ2n) is 6.46. The first-order chi connectivity index (χ1) is 11.3. The van der Waals surface area contributed by atoms with Crippen molar-refractivity contribution in [3.63, 3.8) is 0 Å². The lowest BCUT2D eigenvalue weighted by Gasteiger charge is -2.19. The van der Waals surface area contributed by atoms with Gasteiger partial charge in [0, 0.05) is 30.9 Å². The van der Waals surface area contributed by atoms with Crippen molar-refractivity contribution in [1.29, 1.82) is 0 Å². The number of carbonyl (C=O) groups excluding carboxylic acids is 1. The van der Waals surface area contributed by atoms with Crippen molar-refractivity contribution in [2.75, 3.05) is 13.2 Å². The maximum Gasteiger partial charge on any atom is 0.223 e. The Kier molecular flexibility index (Phi) is 3.92. The highest BCUT2D eigenvalue weighted by atomic mass is 16.5. The minimum absolute atomic E-state index is 0.0682. The van der Waals surface area contributed by atoms with Crippen LogP contribution in [0.5, 0.6) is 0 Å². The highest BCUT2D eigenvalue weighted by Gasteiger charge is 2.46. The third-order valence-electron chi connectivity index (χ3n) is 4.92. The predicted molar refractivity (Wildman–Crippen MR) is 85.8 cm³/mol. The lowest BCUT2D eigenvalue weighted by atomic mass is 9.95. The molecule has 1 aromatic carbocycles. The Balaban J connectivity index is 1.31. The quantitative estimate of drug-likeness (QED) is 0.922. The van der Waals surface area contributed by atoms with E-state index in [4.69, 9.17) is 9.15 Å². The van der Waals surface area contributed by atoms with Crippen LogP contribution < -0.4 is 5.32 Å². The molecule has 4 rings (SSSR count). The van der Waals surface area contributed by atoms with Gasteiger partial charge in [-0.15, -0.1) is 0 Å². The molecular formula is C19H21NO3.